The number of phenolic OH excluding ortho intramolecular Hbond substituents is 1. The second kappa shape index (κ2) is 11.5. The van der Waals surface area contributed by atoms with Gasteiger partial charge in [-0.25, -0.2) is 0 Å². The van der Waals surface area contributed by atoms with Gasteiger partial charge in [-0.1, -0.05) is 0 Å². The first-order valence-corrected chi connectivity index (χ1v) is 12.7. The van der Waals surface area contributed by atoms with Gasteiger partial charge in [-0.15, -0.1) is 0 Å². The van der Waals surface area contributed by atoms with Gasteiger partial charge >= 0.3 is 0 Å². The first-order valence-electron chi connectivity index (χ1n) is 12.7. The topological polar surface area (TPSA) is 229 Å². The predicted molar refractivity (Wildman–Crippen MR) is 137 cm³/mol. The highest BCUT2D eigenvalue weighted by Gasteiger charge is 2.45. The number of ether oxygens (including phenoxy) is 4. The van der Waals surface area contributed by atoms with Crippen LogP contribution in [-0.2, 0) is 9.47 Å². The van der Waals surface area contributed by atoms with E-state index >= 15 is 0 Å². The van der Waals surface area contributed by atoms with E-state index in [1.54, 1.807) is 12.1 Å². The number of phenols is 1. The number of aliphatic hydroxyl groups excluding tert-OH is 7. The average molecular weight is 579 g/mol. The highest BCUT2D eigenvalue weighted by atomic mass is 16.7. The molecule has 2 aromatic carbocycles. The number of benzene rings is 2. The zero-order valence-corrected chi connectivity index (χ0v) is 21.5. The molecule has 14 nitrogen and oxygen atoms in total. The number of hydrogen-bond acceptors (Lipinski definition) is 14. The van der Waals surface area contributed by atoms with Crippen molar-refractivity contribution in [2.45, 2.75) is 68.3 Å². The molecule has 1 aromatic heterocycles. The third-order valence-electron chi connectivity index (χ3n) is 7.08. The summed E-state index contributed by atoms with van der Waals surface area (Å²) < 4.78 is 27.8. The Morgan fingerprint density at radius 2 is 1.37 bits per heavy atom. The lowest BCUT2D eigenvalue weighted by Crippen LogP contribution is -2.60. The van der Waals surface area contributed by atoms with E-state index in [0.29, 0.717) is 5.56 Å². The van der Waals surface area contributed by atoms with Crippen LogP contribution in [0.5, 0.6) is 17.2 Å². The summed E-state index contributed by atoms with van der Waals surface area (Å²) in [6, 6.07) is 9.65. The fraction of sp³-hybridized carbons (Fsp3) is 0.444. The van der Waals surface area contributed by atoms with E-state index in [1.807, 2.05) is 0 Å². The van der Waals surface area contributed by atoms with E-state index in [1.165, 1.54) is 31.2 Å². The third-order valence-corrected chi connectivity index (χ3v) is 7.08. The van der Waals surface area contributed by atoms with Crippen LogP contribution >= 0.6 is 0 Å². The summed E-state index contributed by atoms with van der Waals surface area (Å²) >= 11 is 0. The summed E-state index contributed by atoms with van der Waals surface area (Å²) in [5.74, 6) is -0.223. The Labute approximate surface area is 231 Å². The van der Waals surface area contributed by atoms with Crippen LogP contribution in [0.3, 0.4) is 0 Å². The van der Waals surface area contributed by atoms with Gasteiger partial charge in [0.1, 0.15) is 76.7 Å². The summed E-state index contributed by atoms with van der Waals surface area (Å²) in [6.07, 6.45) is -13.9. The minimum atomic E-state index is -1.69. The van der Waals surface area contributed by atoms with Gasteiger partial charge in [-0.2, -0.15) is 0 Å². The molecule has 0 saturated carbocycles. The van der Waals surface area contributed by atoms with Gasteiger partial charge in [-0.3, -0.25) is 4.79 Å². The van der Waals surface area contributed by atoms with Gasteiger partial charge in [-0.05, 0) is 31.2 Å². The van der Waals surface area contributed by atoms with Crippen molar-refractivity contribution in [3.05, 3.63) is 52.7 Å². The number of aliphatic hydroxyl groups is 7. The predicted octanol–water partition coefficient (Wildman–Crippen LogP) is -1.45. The fourth-order valence-electron chi connectivity index (χ4n) is 4.70. The Bertz CT molecular complexity index is 1420. The van der Waals surface area contributed by atoms with Crippen LogP contribution in [0, 0.1) is 0 Å². The van der Waals surface area contributed by atoms with Crippen molar-refractivity contribution in [3.8, 4) is 28.6 Å². The quantitative estimate of drug-likeness (QED) is 0.167. The molecule has 2 saturated heterocycles. The van der Waals surface area contributed by atoms with Crippen molar-refractivity contribution in [2.75, 3.05) is 6.61 Å². The molecule has 2 aliphatic heterocycles. The number of hydrogen-bond donors (Lipinski definition) is 8. The van der Waals surface area contributed by atoms with Crippen molar-refractivity contribution in [2.24, 2.45) is 0 Å². The first kappa shape index (κ1) is 29.2. The van der Waals surface area contributed by atoms with Gasteiger partial charge in [0.25, 0.3) is 0 Å². The number of fused-ring (bicyclic) bond motifs is 1. The lowest BCUT2D eigenvalue weighted by atomic mass is 9.99. The zero-order chi connectivity index (χ0) is 29.6. The summed E-state index contributed by atoms with van der Waals surface area (Å²) in [5.41, 5.74) is -0.212. The van der Waals surface area contributed by atoms with Crippen LogP contribution in [0.1, 0.15) is 6.92 Å². The molecule has 0 radical (unpaired) electrons. The molecule has 0 amide bonds. The van der Waals surface area contributed by atoms with E-state index in [9.17, 15) is 45.6 Å². The standard InChI is InChI=1S/C27H30O14/c1-10-20(31)22(33)24(35)26(37-10)38-12-4-2-11(3-5-12)16-8-15(30)19-14(29)6-13(7-17(19)40-16)39-27-25(36)23(34)21(32)18(9-28)41-27/h2-8,10,18,20-29,31-36H,9H2,1H3/t10-,18+,20-,21+,22-,23-,24-,25+,26+,27+/m1/s1. The molecule has 0 aliphatic carbocycles. The second-order valence-electron chi connectivity index (χ2n) is 9.93. The van der Waals surface area contributed by atoms with E-state index in [-0.39, 0.29) is 28.2 Å². The van der Waals surface area contributed by atoms with Gasteiger partial charge in [0.2, 0.25) is 12.6 Å². The van der Waals surface area contributed by atoms with E-state index < -0.39 is 79.2 Å². The molecule has 10 atom stereocenters. The Hall–Kier alpha value is -3.31. The van der Waals surface area contributed by atoms with Crippen molar-refractivity contribution in [1.82, 2.24) is 0 Å². The molecule has 14 heteroatoms. The molecule has 2 aliphatic rings. The van der Waals surface area contributed by atoms with Crippen molar-refractivity contribution < 1.29 is 64.2 Å². The van der Waals surface area contributed by atoms with E-state index in [0.717, 1.165) is 6.07 Å². The largest absolute Gasteiger partial charge is 0.507 e. The third kappa shape index (κ3) is 5.61. The molecule has 41 heavy (non-hydrogen) atoms. The van der Waals surface area contributed by atoms with Crippen molar-refractivity contribution in [1.29, 1.82) is 0 Å². The van der Waals surface area contributed by atoms with Crippen LogP contribution in [-0.4, -0.2) is 109 Å². The summed E-state index contributed by atoms with van der Waals surface area (Å²) in [4.78, 5) is 12.8. The van der Waals surface area contributed by atoms with Gasteiger partial charge in [0, 0.05) is 23.8 Å². The van der Waals surface area contributed by atoms with E-state index in [4.69, 9.17) is 23.4 Å². The summed E-state index contributed by atoms with van der Waals surface area (Å²) in [7, 11) is 0. The maximum Gasteiger partial charge on any atom is 0.229 e. The minimum Gasteiger partial charge on any atom is -0.507 e. The highest BCUT2D eigenvalue weighted by molar-refractivity contribution is 5.86. The van der Waals surface area contributed by atoms with E-state index in [2.05, 4.69) is 0 Å². The normalized spacial score (nSPS) is 34.0. The van der Waals surface area contributed by atoms with Crippen LogP contribution < -0.4 is 14.9 Å². The van der Waals surface area contributed by atoms with Crippen LogP contribution in [0.15, 0.2) is 51.7 Å². The second-order valence-corrected chi connectivity index (χ2v) is 9.93. The lowest BCUT2D eigenvalue weighted by Gasteiger charge is -2.39. The van der Waals surface area contributed by atoms with Crippen molar-refractivity contribution >= 4 is 11.0 Å². The molecule has 0 bridgehead atoms. The molecular formula is C27H30O14. The maximum absolute atomic E-state index is 12.8. The molecular weight excluding hydrogens is 548 g/mol. The number of aromatic hydroxyl groups is 1. The van der Waals surface area contributed by atoms with Gasteiger partial charge in [0.05, 0.1) is 12.7 Å². The minimum absolute atomic E-state index is 0.0762. The van der Waals surface area contributed by atoms with Crippen molar-refractivity contribution in [3.63, 3.8) is 0 Å². The Kier molecular flexibility index (Phi) is 8.20. The Morgan fingerprint density at radius 1 is 0.756 bits per heavy atom. The summed E-state index contributed by atoms with van der Waals surface area (Å²) in [5, 5.41) is 79.9. The van der Waals surface area contributed by atoms with Crippen LogP contribution in [0.25, 0.3) is 22.3 Å². The molecule has 8 N–H and O–H groups in total. The molecule has 5 rings (SSSR count). The maximum atomic E-state index is 12.8. The number of rotatable bonds is 6. The smallest absolute Gasteiger partial charge is 0.229 e. The molecule has 3 heterocycles. The molecule has 2 fully saturated rings. The van der Waals surface area contributed by atoms with Crippen LogP contribution in [0.2, 0.25) is 0 Å². The zero-order valence-electron chi connectivity index (χ0n) is 21.5. The lowest BCUT2D eigenvalue weighted by molar-refractivity contribution is -0.277. The molecule has 0 spiro atoms. The average Bonchev–Trinajstić information content (AvgIpc) is 2.95. The first-order chi connectivity index (χ1) is 19.5. The Morgan fingerprint density at radius 3 is 2.02 bits per heavy atom. The fourth-order valence-corrected chi connectivity index (χ4v) is 4.70. The van der Waals surface area contributed by atoms with Crippen LogP contribution in [0.4, 0.5) is 0 Å². The monoisotopic (exact) mass is 578 g/mol. The highest BCUT2D eigenvalue weighted by Crippen LogP contribution is 2.34. The van der Waals surface area contributed by atoms with Gasteiger partial charge in [0.15, 0.2) is 5.43 Å². The summed E-state index contributed by atoms with van der Waals surface area (Å²) in [6.45, 7) is 0.868. The molecule has 0 unspecified atom stereocenters. The SMILES string of the molecule is C[C@H]1O[C@@H](Oc2ccc(-c3cc(=O)c4c(O)cc(O[C@H]5O[C@@H](CO)[C@H](O)[C@@H](O)[C@@H]5O)cc4o3)cc2)[C@H](O)[C@H](O)[C@@H]1O. The molecule has 222 valence electrons. The molecule has 3 aromatic rings. The van der Waals surface area contributed by atoms with Gasteiger partial charge < -0.3 is 64.2 Å². The Balaban J connectivity index is 1.38.